The van der Waals surface area contributed by atoms with Gasteiger partial charge in [-0.2, -0.15) is 0 Å². The van der Waals surface area contributed by atoms with E-state index in [1.54, 1.807) is 0 Å². The summed E-state index contributed by atoms with van der Waals surface area (Å²) >= 11 is 0. The van der Waals surface area contributed by atoms with Gasteiger partial charge in [-0.25, -0.2) is 4.39 Å². The lowest BCUT2D eigenvalue weighted by Gasteiger charge is -2.29. The minimum absolute atomic E-state index is 0.167. The molecule has 0 saturated carbocycles. The third-order valence-corrected chi connectivity index (χ3v) is 4.02. The van der Waals surface area contributed by atoms with Crippen LogP contribution in [0, 0.1) is 5.82 Å². The molecule has 1 heterocycles. The summed E-state index contributed by atoms with van der Waals surface area (Å²) in [6.45, 7) is 2.09. The van der Waals surface area contributed by atoms with Gasteiger partial charge in [-0.15, -0.1) is 0 Å². The molecule has 0 unspecified atom stereocenters. The summed E-state index contributed by atoms with van der Waals surface area (Å²) in [6.07, 6.45) is 3.66. The van der Waals surface area contributed by atoms with Crippen LogP contribution in [-0.4, -0.2) is 30.3 Å². The Balaban J connectivity index is 1.76. The Hall–Kier alpha value is -2.05. The second-order valence-electron chi connectivity index (χ2n) is 5.70. The van der Waals surface area contributed by atoms with Gasteiger partial charge in [0.15, 0.2) is 0 Å². The molecule has 0 bridgehead atoms. The van der Waals surface area contributed by atoms with Crippen LogP contribution in [0.2, 0.25) is 0 Å². The number of halogens is 1. The van der Waals surface area contributed by atoms with Gasteiger partial charge in [-0.1, -0.05) is 12.1 Å². The molecule has 0 aromatic heterocycles. The lowest BCUT2D eigenvalue weighted by atomic mass is 9.80. The predicted octanol–water partition coefficient (Wildman–Crippen LogP) is 2.29. The van der Waals surface area contributed by atoms with Crippen molar-refractivity contribution in [3.63, 3.8) is 0 Å². The van der Waals surface area contributed by atoms with Crippen molar-refractivity contribution in [1.82, 2.24) is 0 Å². The minimum Gasteiger partial charge on any atom is -0.457 e. The normalized spacial score (nSPS) is 14.7. The van der Waals surface area contributed by atoms with Crippen LogP contribution in [-0.2, 0) is 0 Å². The summed E-state index contributed by atoms with van der Waals surface area (Å²) in [7, 11) is -1.83. The fraction of sp³-hybridized carbons (Fsp3) is 0.294. The van der Waals surface area contributed by atoms with Gasteiger partial charge < -0.3 is 19.7 Å². The monoisotopic (exact) mass is 315 g/mol. The van der Waals surface area contributed by atoms with E-state index in [1.165, 1.54) is 31.4 Å². The van der Waals surface area contributed by atoms with Crippen LogP contribution in [0.5, 0.6) is 11.5 Å². The molecule has 23 heavy (non-hydrogen) atoms. The maximum Gasteiger partial charge on any atom is 0.491 e. The van der Waals surface area contributed by atoms with Gasteiger partial charge in [0.05, 0.1) is 0 Å². The zero-order valence-electron chi connectivity index (χ0n) is 12.8. The molecule has 120 valence electrons. The van der Waals surface area contributed by atoms with Crippen molar-refractivity contribution in [2.24, 2.45) is 0 Å². The van der Waals surface area contributed by atoms with E-state index in [-0.39, 0.29) is 5.46 Å². The number of nitrogens with zero attached hydrogens (tertiary/aromatic N) is 1. The van der Waals surface area contributed by atoms with Gasteiger partial charge in [0.1, 0.15) is 17.3 Å². The third-order valence-electron chi connectivity index (χ3n) is 4.02. The predicted molar refractivity (Wildman–Crippen MR) is 88.8 cm³/mol. The maximum absolute atomic E-state index is 13.8. The largest absolute Gasteiger partial charge is 0.491 e. The lowest BCUT2D eigenvalue weighted by molar-refractivity contribution is 0.422. The Morgan fingerprint density at radius 3 is 2.39 bits per heavy atom. The van der Waals surface area contributed by atoms with Gasteiger partial charge in [0, 0.05) is 36.4 Å². The molecule has 1 aliphatic heterocycles. The number of anilines is 1. The first-order valence-corrected chi connectivity index (χ1v) is 7.82. The van der Waals surface area contributed by atoms with Crippen molar-refractivity contribution in [3.05, 3.63) is 48.3 Å². The third kappa shape index (κ3) is 3.84. The van der Waals surface area contributed by atoms with Gasteiger partial charge in [0.25, 0.3) is 0 Å². The summed E-state index contributed by atoms with van der Waals surface area (Å²) < 4.78 is 19.5. The second kappa shape index (κ2) is 7.02. The zero-order chi connectivity index (χ0) is 16.2. The van der Waals surface area contributed by atoms with Crippen LogP contribution >= 0.6 is 0 Å². The van der Waals surface area contributed by atoms with E-state index in [0.29, 0.717) is 11.5 Å². The van der Waals surface area contributed by atoms with E-state index in [9.17, 15) is 4.39 Å². The molecule has 3 rings (SSSR count). The SMILES string of the molecule is OB(O)c1ccc(Oc2cccc(N3CCCCC3)c2)cc1F. The molecule has 0 spiro atoms. The fourth-order valence-corrected chi connectivity index (χ4v) is 2.81. The quantitative estimate of drug-likeness (QED) is 0.850. The van der Waals surface area contributed by atoms with Crippen LogP contribution < -0.4 is 15.1 Å². The average Bonchev–Trinajstić information content (AvgIpc) is 2.56. The van der Waals surface area contributed by atoms with E-state index in [1.807, 2.05) is 24.3 Å². The van der Waals surface area contributed by atoms with Crippen LogP contribution in [0.25, 0.3) is 0 Å². The number of hydrogen-bond acceptors (Lipinski definition) is 4. The van der Waals surface area contributed by atoms with Crippen molar-refractivity contribution in [3.8, 4) is 11.5 Å². The molecule has 2 aromatic rings. The van der Waals surface area contributed by atoms with Crippen LogP contribution in [0.15, 0.2) is 42.5 Å². The minimum atomic E-state index is -1.83. The Bertz CT molecular complexity index is 675. The first kappa shape index (κ1) is 15.8. The summed E-state index contributed by atoms with van der Waals surface area (Å²) in [6, 6.07) is 11.7. The number of ether oxygens (including phenoxy) is 1. The molecule has 0 atom stereocenters. The lowest BCUT2D eigenvalue weighted by Crippen LogP contribution is -2.32. The smallest absolute Gasteiger partial charge is 0.457 e. The molecule has 0 aliphatic carbocycles. The van der Waals surface area contributed by atoms with Crippen molar-refractivity contribution < 1.29 is 19.2 Å². The average molecular weight is 315 g/mol. The molecule has 1 aliphatic rings. The zero-order valence-corrected chi connectivity index (χ0v) is 12.8. The van der Waals surface area contributed by atoms with E-state index >= 15 is 0 Å². The highest BCUT2D eigenvalue weighted by Gasteiger charge is 2.17. The van der Waals surface area contributed by atoms with E-state index in [2.05, 4.69) is 4.90 Å². The van der Waals surface area contributed by atoms with Gasteiger partial charge >= 0.3 is 7.12 Å². The van der Waals surface area contributed by atoms with Crippen LogP contribution in [0.1, 0.15) is 19.3 Å². The molecule has 6 heteroatoms. The van der Waals surface area contributed by atoms with E-state index < -0.39 is 12.9 Å². The number of rotatable bonds is 4. The Kier molecular flexibility index (Phi) is 4.83. The number of benzene rings is 2. The van der Waals surface area contributed by atoms with Gasteiger partial charge in [-0.3, -0.25) is 0 Å². The molecule has 0 amide bonds. The Labute approximate surface area is 135 Å². The molecular weight excluding hydrogens is 296 g/mol. The summed E-state index contributed by atoms with van der Waals surface area (Å²) in [5, 5.41) is 18.1. The highest BCUT2D eigenvalue weighted by Crippen LogP contribution is 2.27. The summed E-state index contributed by atoms with van der Waals surface area (Å²) in [5.41, 5.74) is 0.935. The van der Waals surface area contributed by atoms with Crippen molar-refractivity contribution in [2.45, 2.75) is 19.3 Å². The molecular formula is C17H19BFNO3. The standard InChI is InChI=1S/C17H19BFNO3/c19-17-12-15(7-8-16(17)18(21)22)23-14-6-4-5-13(11-14)20-9-2-1-3-10-20/h4-8,11-12,21-22H,1-3,9-10H2. The molecule has 2 N–H and O–H groups in total. The van der Waals surface area contributed by atoms with Crippen molar-refractivity contribution >= 4 is 18.3 Å². The molecule has 1 saturated heterocycles. The number of piperidine rings is 1. The maximum atomic E-state index is 13.8. The van der Waals surface area contributed by atoms with Crippen molar-refractivity contribution in [2.75, 3.05) is 18.0 Å². The van der Waals surface area contributed by atoms with E-state index in [0.717, 1.165) is 24.8 Å². The summed E-state index contributed by atoms with van der Waals surface area (Å²) in [5.74, 6) is 0.247. The van der Waals surface area contributed by atoms with E-state index in [4.69, 9.17) is 14.8 Å². The highest BCUT2D eigenvalue weighted by atomic mass is 19.1. The fourth-order valence-electron chi connectivity index (χ4n) is 2.81. The Morgan fingerprint density at radius 2 is 1.70 bits per heavy atom. The highest BCUT2D eigenvalue weighted by molar-refractivity contribution is 6.58. The van der Waals surface area contributed by atoms with Crippen LogP contribution in [0.4, 0.5) is 10.1 Å². The Morgan fingerprint density at radius 1 is 0.957 bits per heavy atom. The summed E-state index contributed by atoms with van der Waals surface area (Å²) in [4.78, 5) is 2.32. The topological polar surface area (TPSA) is 52.9 Å². The van der Waals surface area contributed by atoms with Gasteiger partial charge in [-0.05, 0) is 37.5 Å². The second-order valence-corrected chi connectivity index (χ2v) is 5.70. The molecule has 4 nitrogen and oxygen atoms in total. The molecule has 0 radical (unpaired) electrons. The first-order chi connectivity index (χ1) is 11.1. The molecule has 1 fully saturated rings. The molecule has 2 aromatic carbocycles. The van der Waals surface area contributed by atoms with Gasteiger partial charge in [0.2, 0.25) is 0 Å². The van der Waals surface area contributed by atoms with Crippen molar-refractivity contribution in [1.29, 1.82) is 0 Å². The number of hydrogen-bond donors (Lipinski definition) is 2. The van der Waals surface area contributed by atoms with Crippen LogP contribution in [0.3, 0.4) is 0 Å². The first-order valence-electron chi connectivity index (χ1n) is 7.82.